The normalized spacial score (nSPS) is 18.7. The Bertz CT molecular complexity index is 782. The van der Waals surface area contributed by atoms with Crippen molar-refractivity contribution in [1.82, 2.24) is 5.32 Å². The molecule has 2 N–H and O–H groups in total. The molecule has 0 bridgehead atoms. The molecule has 26 heavy (non-hydrogen) atoms. The third kappa shape index (κ3) is 3.45. The lowest BCUT2D eigenvalue weighted by Gasteiger charge is -2.32. The van der Waals surface area contributed by atoms with E-state index in [1.165, 1.54) is 18.2 Å². The Labute approximate surface area is 147 Å². The number of hydrogen-bond acceptors (Lipinski definition) is 4. The van der Waals surface area contributed by atoms with Crippen LogP contribution in [0.2, 0.25) is 0 Å². The Hall–Kier alpha value is -2.74. The molecule has 3 rings (SSSR count). The van der Waals surface area contributed by atoms with Gasteiger partial charge < -0.3 is 19.9 Å². The molecule has 1 aliphatic heterocycles. The zero-order valence-electron chi connectivity index (χ0n) is 13.5. The number of halogens is 3. The summed E-state index contributed by atoms with van der Waals surface area (Å²) in [4.78, 5) is 12.2. The number of hydrogen-bond donors (Lipinski definition) is 2. The van der Waals surface area contributed by atoms with Crippen LogP contribution in [-0.2, 0) is 10.4 Å². The average molecular weight is 367 g/mol. The molecule has 138 valence electrons. The fourth-order valence-corrected chi connectivity index (χ4v) is 2.56. The van der Waals surface area contributed by atoms with E-state index in [4.69, 9.17) is 9.47 Å². The summed E-state index contributed by atoms with van der Waals surface area (Å²) in [6.45, 7) is -1.18. The standard InChI is InChI=1S/C18H16F3NO4/c19-18(20,21)17(24,12-6-2-1-3-7-12)11-22-16(23)15-10-25-13-8-4-5-9-14(13)26-15/h1-9,15,24H,10-11H2,(H,22,23). The predicted molar refractivity (Wildman–Crippen MR) is 85.8 cm³/mol. The van der Waals surface area contributed by atoms with Crippen LogP contribution < -0.4 is 14.8 Å². The lowest BCUT2D eigenvalue weighted by molar-refractivity contribution is -0.264. The van der Waals surface area contributed by atoms with Crippen LogP contribution in [0, 0.1) is 0 Å². The number of carbonyl (C=O) groups excluding carboxylic acids is 1. The van der Waals surface area contributed by atoms with Gasteiger partial charge in [-0.2, -0.15) is 13.2 Å². The Morgan fingerprint density at radius 1 is 1.08 bits per heavy atom. The molecule has 8 heteroatoms. The molecule has 0 radical (unpaired) electrons. The molecule has 2 unspecified atom stereocenters. The largest absolute Gasteiger partial charge is 0.485 e. The summed E-state index contributed by atoms with van der Waals surface area (Å²) in [5.74, 6) is -0.0289. The highest BCUT2D eigenvalue weighted by atomic mass is 19.4. The van der Waals surface area contributed by atoms with E-state index in [0.29, 0.717) is 11.5 Å². The average Bonchev–Trinajstić information content (AvgIpc) is 2.65. The summed E-state index contributed by atoms with van der Waals surface area (Å²) in [7, 11) is 0. The van der Waals surface area contributed by atoms with Gasteiger partial charge in [-0.05, 0) is 17.7 Å². The van der Waals surface area contributed by atoms with Gasteiger partial charge in [0, 0.05) is 0 Å². The van der Waals surface area contributed by atoms with Crippen molar-refractivity contribution in [2.24, 2.45) is 0 Å². The van der Waals surface area contributed by atoms with Crippen molar-refractivity contribution in [1.29, 1.82) is 0 Å². The molecular formula is C18H16F3NO4. The Kier molecular flexibility index (Phi) is 4.78. The summed E-state index contributed by atoms with van der Waals surface area (Å²) in [6, 6.07) is 13.2. The van der Waals surface area contributed by atoms with E-state index in [-0.39, 0.29) is 12.2 Å². The third-order valence-corrected chi connectivity index (χ3v) is 4.04. The van der Waals surface area contributed by atoms with Gasteiger partial charge in [0.1, 0.15) is 6.61 Å². The maximum atomic E-state index is 13.4. The maximum Gasteiger partial charge on any atom is 0.423 e. The first-order valence-electron chi connectivity index (χ1n) is 7.82. The summed E-state index contributed by atoms with van der Waals surface area (Å²) in [6.07, 6.45) is -6.09. The number of alkyl halides is 3. The molecule has 0 aromatic heterocycles. The number of aliphatic hydroxyl groups is 1. The molecule has 5 nitrogen and oxygen atoms in total. The van der Waals surface area contributed by atoms with Crippen molar-refractivity contribution in [3.05, 3.63) is 60.2 Å². The van der Waals surface area contributed by atoms with Crippen LogP contribution >= 0.6 is 0 Å². The second-order valence-electron chi connectivity index (χ2n) is 5.81. The van der Waals surface area contributed by atoms with E-state index in [1.54, 1.807) is 24.3 Å². The number of fused-ring (bicyclic) bond motifs is 1. The number of benzene rings is 2. The van der Waals surface area contributed by atoms with Crippen molar-refractivity contribution < 1.29 is 32.5 Å². The number of ether oxygens (including phenoxy) is 2. The van der Waals surface area contributed by atoms with Gasteiger partial charge in [0.05, 0.1) is 6.54 Å². The minimum absolute atomic E-state index is 0.140. The van der Waals surface area contributed by atoms with E-state index < -0.39 is 30.3 Å². The highest BCUT2D eigenvalue weighted by Gasteiger charge is 2.55. The third-order valence-electron chi connectivity index (χ3n) is 4.04. The first-order valence-corrected chi connectivity index (χ1v) is 7.82. The van der Waals surface area contributed by atoms with Gasteiger partial charge in [0.15, 0.2) is 11.5 Å². The minimum Gasteiger partial charge on any atom is -0.485 e. The van der Waals surface area contributed by atoms with Crippen LogP contribution in [0.3, 0.4) is 0 Å². The number of carbonyl (C=O) groups is 1. The number of amides is 1. The first-order chi connectivity index (χ1) is 12.3. The molecule has 1 aliphatic rings. The molecule has 0 fully saturated rings. The molecular weight excluding hydrogens is 351 g/mol. The van der Waals surface area contributed by atoms with Gasteiger partial charge >= 0.3 is 6.18 Å². The second kappa shape index (κ2) is 6.87. The van der Waals surface area contributed by atoms with Crippen LogP contribution in [0.4, 0.5) is 13.2 Å². The van der Waals surface area contributed by atoms with Gasteiger partial charge in [-0.1, -0.05) is 42.5 Å². The van der Waals surface area contributed by atoms with Crippen LogP contribution in [-0.4, -0.2) is 36.4 Å². The van der Waals surface area contributed by atoms with E-state index >= 15 is 0 Å². The molecule has 0 saturated heterocycles. The Morgan fingerprint density at radius 3 is 2.35 bits per heavy atom. The van der Waals surface area contributed by atoms with Gasteiger partial charge in [-0.15, -0.1) is 0 Å². The molecule has 0 saturated carbocycles. The lowest BCUT2D eigenvalue weighted by Crippen LogP contribution is -2.54. The maximum absolute atomic E-state index is 13.4. The summed E-state index contributed by atoms with van der Waals surface area (Å²) < 4.78 is 51.1. The van der Waals surface area contributed by atoms with Crippen LogP contribution in [0.5, 0.6) is 11.5 Å². The molecule has 0 aliphatic carbocycles. The predicted octanol–water partition coefficient (Wildman–Crippen LogP) is 2.39. The molecule has 1 amide bonds. The van der Waals surface area contributed by atoms with E-state index in [1.807, 2.05) is 0 Å². The van der Waals surface area contributed by atoms with Crippen LogP contribution in [0.15, 0.2) is 54.6 Å². The molecule has 2 aromatic carbocycles. The van der Waals surface area contributed by atoms with Crippen molar-refractivity contribution in [3.63, 3.8) is 0 Å². The number of rotatable bonds is 4. The van der Waals surface area contributed by atoms with E-state index in [2.05, 4.69) is 5.32 Å². The Morgan fingerprint density at radius 2 is 1.69 bits per heavy atom. The van der Waals surface area contributed by atoms with Gasteiger partial charge in [-0.25, -0.2) is 0 Å². The lowest BCUT2D eigenvalue weighted by atomic mass is 9.93. The highest BCUT2D eigenvalue weighted by Crippen LogP contribution is 2.38. The topological polar surface area (TPSA) is 67.8 Å². The summed E-state index contributed by atoms with van der Waals surface area (Å²) >= 11 is 0. The molecule has 2 aromatic rings. The number of nitrogens with one attached hydrogen (secondary N) is 1. The van der Waals surface area contributed by atoms with E-state index in [0.717, 1.165) is 12.1 Å². The van der Waals surface area contributed by atoms with Gasteiger partial charge in [0.2, 0.25) is 11.7 Å². The summed E-state index contributed by atoms with van der Waals surface area (Å²) in [5.41, 5.74) is -3.57. The van der Waals surface area contributed by atoms with Crippen molar-refractivity contribution in [2.75, 3.05) is 13.2 Å². The van der Waals surface area contributed by atoms with Gasteiger partial charge in [0.25, 0.3) is 5.91 Å². The Balaban J connectivity index is 1.71. The van der Waals surface area contributed by atoms with Crippen LogP contribution in [0.25, 0.3) is 0 Å². The first kappa shape index (κ1) is 18.1. The second-order valence-corrected chi connectivity index (χ2v) is 5.81. The zero-order valence-corrected chi connectivity index (χ0v) is 13.5. The van der Waals surface area contributed by atoms with Crippen LogP contribution in [0.1, 0.15) is 5.56 Å². The van der Waals surface area contributed by atoms with Crippen molar-refractivity contribution in [3.8, 4) is 11.5 Å². The molecule has 2 atom stereocenters. The SMILES string of the molecule is O=C(NCC(O)(c1ccccc1)C(F)(F)F)C1COc2ccccc2O1. The fourth-order valence-electron chi connectivity index (χ4n) is 2.56. The fraction of sp³-hybridized carbons (Fsp3) is 0.278. The molecule has 0 spiro atoms. The molecule has 1 heterocycles. The van der Waals surface area contributed by atoms with Gasteiger partial charge in [-0.3, -0.25) is 4.79 Å². The summed E-state index contributed by atoms with van der Waals surface area (Å²) in [5, 5.41) is 12.3. The number of para-hydroxylation sites is 2. The van der Waals surface area contributed by atoms with Crippen molar-refractivity contribution in [2.45, 2.75) is 17.9 Å². The highest BCUT2D eigenvalue weighted by molar-refractivity contribution is 5.81. The van der Waals surface area contributed by atoms with E-state index in [9.17, 15) is 23.1 Å². The minimum atomic E-state index is -4.97. The quantitative estimate of drug-likeness (QED) is 0.871. The monoisotopic (exact) mass is 367 g/mol. The smallest absolute Gasteiger partial charge is 0.423 e. The van der Waals surface area contributed by atoms with Crippen molar-refractivity contribution >= 4 is 5.91 Å². The zero-order chi connectivity index (χ0) is 18.8.